The monoisotopic (exact) mass is 525 g/mol. The van der Waals surface area contributed by atoms with E-state index in [1.165, 1.54) is 31.0 Å². The quantitative estimate of drug-likeness (QED) is 0.390. The Morgan fingerprint density at radius 3 is 2.56 bits per heavy atom. The second-order valence-corrected chi connectivity index (χ2v) is 10.8. The molecule has 2 N–H and O–H groups in total. The lowest BCUT2D eigenvalue weighted by Gasteiger charge is -2.22. The van der Waals surface area contributed by atoms with Crippen molar-refractivity contribution < 1.29 is 9.59 Å². The van der Waals surface area contributed by atoms with Crippen molar-refractivity contribution in [2.45, 2.75) is 83.1 Å². The molecule has 7 nitrogen and oxygen atoms in total. The Bertz CT molecular complexity index is 992. The van der Waals surface area contributed by atoms with Crippen molar-refractivity contribution in [3.63, 3.8) is 0 Å². The maximum absolute atomic E-state index is 13.0. The molecule has 2 amide bonds. The molecule has 1 heterocycles. The molecule has 1 fully saturated rings. The van der Waals surface area contributed by atoms with E-state index in [1.807, 2.05) is 11.5 Å². The lowest BCUT2D eigenvalue weighted by atomic mass is 9.95. The van der Waals surface area contributed by atoms with Crippen LogP contribution < -0.4 is 10.6 Å². The highest BCUT2D eigenvalue weighted by Crippen LogP contribution is 2.27. The maximum atomic E-state index is 13.0. The summed E-state index contributed by atoms with van der Waals surface area (Å²) in [5.74, 6) is 0.999. The van der Waals surface area contributed by atoms with Crippen molar-refractivity contribution in [2.75, 3.05) is 5.75 Å². The van der Waals surface area contributed by atoms with Crippen LogP contribution in [0.3, 0.4) is 0 Å². The van der Waals surface area contributed by atoms with Gasteiger partial charge in [-0.05, 0) is 50.3 Å². The number of halogens is 2. The number of nitrogens with zero attached hydrogens (tertiary/aromatic N) is 3. The molecule has 1 atom stereocenters. The summed E-state index contributed by atoms with van der Waals surface area (Å²) in [6, 6.07) is 4.74. The van der Waals surface area contributed by atoms with Gasteiger partial charge in [-0.15, -0.1) is 10.2 Å². The van der Waals surface area contributed by atoms with E-state index < -0.39 is 0 Å². The van der Waals surface area contributed by atoms with Gasteiger partial charge in [-0.25, -0.2) is 0 Å². The lowest BCUT2D eigenvalue weighted by Crippen LogP contribution is -2.37. The molecule has 0 aliphatic heterocycles. The van der Waals surface area contributed by atoms with Crippen molar-refractivity contribution in [3.8, 4) is 0 Å². The van der Waals surface area contributed by atoms with Gasteiger partial charge >= 0.3 is 0 Å². The van der Waals surface area contributed by atoms with Crippen LogP contribution in [-0.4, -0.2) is 38.4 Å². The largest absolute Gasteiger partial charge is 0.353 e. The summed E-state index contributed by atoms with van der Waals surface area (Å²) < 4.78 is 1.97. The molecule has 0 spiro atoms. The highest BCUT2D eigenvalue weighted by molar-refractivity contribution is 7.99. The zero-order chi connectivity index (χ0) is 24.7. The number of rotatable bonds is 10. The van der Waals surface area contributed by atoms with Crippen molar-refractivity contribution in [1.29, 1.82) is 0 Å². The number of amides is 2. The standard InChI is InChI=1S/C24H33Cl2N5O2S/c1-4-31-22(29-30-24(31)34-14-21(32)27-17-8-6-5-7-9-17)20(12-15(2)3)28-23(33)18-11-10-16(25)13-19(18)26/h10-11,13,15,17,20H,4-9,12,14H2,1-3H3,(H,27,32)(H,28,33)/t20-/m1/s1. The summed E-state index contributed by atoms with van der Waals surface area (Å²) in [6.45, 7) is 6.81. The second-order valence-electron chi connectivity index (χ2n) is 9.06. The van der Waals surface area contributed by atoms with Crippen molar-refractivity contribution in [3.05, 3.63) is 39.6 Å². The third kappa shape index (κ3) is 7.36. The maximum Gasteiger partial charge on any atom is 0.253 e. The molecule has 1 aromatic heterocycles. The predicted molar refractivity (Wildman–Crippen MR) is 138 cm³/mol. The van der Waals surface area contributed by atoms with Crippen LogP contribution in [0.1, 0.15) is 81.5 Å². The van der Waals surface area contributed by atoms with E-state index in [4.69, 9.17) is 23.2 Å². The summed E-state index contributed by atoms with van der Waals surface area (Å²) in [6.07, 6.45) is 6.40. The van der Waals surface area contributed by atoms with Gasteiger partial charge in [0.05, 0.1) is 22.4 Å². The van der Waals surface area contributed by atoms with Gasteiger partial charge < -0.3 is 15.2 Å². The zero-order valence-corrected chi connectivity index (χ0v) is 22.3. The van der Waals surface area contributed by atoms with Gasteiger partial charge in [0.1, 0.15) is 0 Å². The zero-order valence-electron chi connectivity index (χ0n) is 19.9. The van der Waals surface area contributed by atoms with Gasteiger partial charge in [-0.1, -0.05) is 68.1 Å². The van der Waals surface area contributed by atoms with Crippen LogP contribution in [0.25, 0.3) is 0 Å². The smallest absolute Gasteiger partial charge is 0.253 e. The van der Waals surface area contributed by atoms with Crippen LogP contribution in [-0.2, 0) is 11.3 Å². The Balaban J connectivity index is 1.71. The number of aromatic nitrogens is 3. The fourth-order valence-electron chi connectivity index (χ4n) is 4.22. The minimum Gasteiger partial charge on any atom is -0.353 e. The van der Waals surface area contributed by atoms with Gasteiger partial charge in [0.25, 0.3) is 5.91 Å². The van der Waals surface area contributed by atoms with Crippen molar-refractivity contribution >= 4 is 46.8 Å². The van der Waals surface area contributed by atoms with E-state index >= 15 is 0 Å². The number of carbonyl (C=O) groups is 2. The number of hydrogen-bond donors (Lipinski definition) is 2. The first-order valence-corrected chi connectivity index (χ1v) is 13.6. The molecule has 0 bridgehead atoms. The number of thioether (sulfide) groups is 1. The molecule has 1 aliphatic carbocycles. The van der Waals surface area contributed by atoms with Gasteiger partial charge in [0.2, 0.25) is 5.91 Å². The van der Waals surface area contributed by atoms with E-state index in [0.717, 1.165) is 12.8 Å². The first-order valence-electron chi connectivity index (χ1n) is 11.9. The van der Waals surface area contributed by atoms with E-state index in [0.29, 0.717) is 45.5 Å². The van der Waals surface area contributed by atoms with E-state index in [-0.39, 0.29) is 29.7 Å². The van der Waals surface area contributed by atoms with Crippen molar-refractivity contribution in [1.82, 2.24) is 25.4 Å². The molecular formula is C24H33Cl2N5O2S. The fourth-order valence-corrected chi connectivity index (χ4v) is 5.53. The first-order chi connectivity index (χ1) is 16.3. The minimum atomic E-state index is -0.350. The molecule has 10 heteroatoms. The molecule has 0 radical (unpaired) electrons. The summed E-state index contributed by atoms with van der Waals surface area (Å²) in [7, 11) is 0. The van der Waals surface area contributed by atoms with Crippen molar-refractivity contribution in [2.24, 2.45) is 5.92 Å². The van der Waals surface area contributed by atoms with E-state index in [2.05, 4.69) is 34.7 Å². The number of benzene rings is 1. The summed E-state index contributed by atoms with van der Waals surface area (Å²) in [4.78, 5) is 25.5. The van der Waals surface area contributed by atoms with Gasteiger partial charge in [-0.2, -0.15) is 0 Å². The van der Waals surface area contributed by atoms with E-state index in [9.17, 15) is 9.59 Å². The summed E-state index contributed by atoms with van der Waals surface area (Å²) in [5.41, 5.74) is 0.358. The van der Waals surface area contributed by atoms with Crippen LogP contribution in [0.4, 0.5) is 0 Å². The molecule has 3 rings (SSSR count). The van der Waals surface area contributed by atoms with Crippen LogP contribution in [0.2, 0.25) is 10.0 Å². The molecule has 1 aromatic carbocycles. The Kier molecular flexibility index (Phi) is 10.1. The molecule has 186 valence electrons. The third-order valence-electron chi connectivity index (χ3n) is 5.86. The van der Waals surface area contributed by atoms with Gasteiger partial charge in [0, 0.05) is 17.6 Å². The molecule has 1 saturated carbocycles. The van der Waals surface area contributed by atoms with Gasteiger partial charge in [0.15, 0.2) is 11.0 Å². The van der Waals surface area contributed by atoms with E-state index in [1.54, 1.807) is 18.2 Å². The highest BCUT2D eigenvalue weighted by Gasteiger charge is 2.25. The topological polar surface area (TPSA) is 88.9 Å². The number of hydrogen-bond acceptors (Lipinski definition) is 5. The molecular weight excluding hydrogens is 493 g/mol. The summed E-state index contributed by atoms with van der Waals surface area (Å²) >= 11 is 13.6. The minimum absolute atomic E-state index is 0.0218. The molecule has 0 unspecified atom stereocenters. The highest BCUT2D eigenvalue weighted by atomic mass is 35.5. The lowest BCUT2D eigenvalue weighted by molar-refractivity contribution is -0.119. The number of nitrogens with one attached hydrogen (secondary N) is 2. The molecule has 34 heavy (non-hydrogen) atoms. The SMILES string of the molecule is CCn1c(SCC(=O)NC2CCCCC2)nnc1[C@@H](CC(C)C)NC(=O)c1ccc(Cl)cc1Cl. The average molecular weight is 527 g/mol. The Morgan fingerprint density at radius 1 is 1.18 bits per heavy atom. The molecule has 1 aliphatic rings. The van der Waals surface area contributed by atoms with Crippen LogP contribution in [0, 0.1) is 5.92 Å². The average Bonchev–Trinajstić information content (AvgIpc) is 3.20. The normalized spacial score (nSPS) is 15.4. The Morgan fingerprint density at radius 2 is 1.91 bits per heavy atom. The Hall–Kier alpha value is -1.77. The van der Waals surface area contributed by atoms with Gasteiger partial charge in [-0.3, -0.25) is 9.59 Å². The predicted octanol–water partition coefficient (Wildman–Crippen LogP) is 5.66. The first kappa shape index (κ1) is 26.8. The van der Waals surface area contributed by atoms with Crippen LogP contribution in [0.15, 0.2) is 23.4 Å². The fraction of sp³-hybridized carbons (Fsp3) is 0.583. The molecule has 0 saturated heterocycles. The summed E-state index contributed by atoms with van der Waals surface area (Å²) in [5, 5.41) is 16.4. The number of carbonyl (C=O) groups excluding carboxylic acids is 2. The second kappa shape index (κ2) is 12.8. The Labute approximate surface area is 215 Å². The third-order valence-corrected chi connectivity index (χ3v) is 7.38. The van der Waals surface area contributed by atoms with Crippen LogP contribution >= 0.6 is 35.0 Å². The molecule has 2 aromatic rings. The van der Waals surface area contributed by atoms with Crippen LogP contribution in [0.5, 0.6) is 0 Å².